The smallest absolute Gasteiger partial charge is 0.220 e. The number of benzene rings is 1. The van der Waals surface area contributed by atoms with E-state index in [4.69, 9.17) is 42.6 Å². The molecule has 1 atom stereocenters. The second-order valence-electron chi connectivity index (χ2n) is 13.1. The SMILES string of the molecule is COc1nc(-c2cccc(-c3ccnc(-c4cc(OC)c5nc(CN[C@H]6CC[C@@H](O)CC6)cn5c4)c3Cl)c2Cl)ccc1CNC[C@H]1CCC(=O)N1. The Hall–Kier alpha value is -4.26. The molecule has 1 aromatic carbocycles. The molecule has 4 aromatic heterocycles. The lowest BCUT2D eigenvalue weighted by Crippen LogP contribution is -2.35. The largest absolute Gasteiger partial charge is 0.493 e. The van der Waals surface area contributed by atoms with Gasteiger partial charge in [-0.1, -0.05) is 47.5 Å². The summed E-state index contributed by atoms with van der Waals surface area (Å²) in [5, 5.41) is 20.8. The Kier molecular flexibility index (Phi) is 10.7. The Balaban J connectivity index is 1.13. The summed E-state index contributed by atoms with van der Waals surface area (Å²) in [7, 11) is 3.22. The molecular weight excluding hydrogens is 689 g/mol. The lowest BCUT2D eigenvalue weighted by Gasteiger charge is -2.25. The van der Waals surface area contributed by atoms with Gasteiger partial charge in [0.15, 0.2) is 11.4 Å². The molecule has 0 radical (unpaired) electrons. The Morgan fingerprint density at radius 1 is 0.941 bits per heavy atom. The number of halogens is 2. The summed E-state index contributed by atoms with van der Waals surface area (Å²) in [5.74, 6) is 1.20. The van der Waals surface area contributed by atoms with Gasteiger partial charge in [0.2, 0.25) is 11.8 Å². The maximum absolute atomic E-state index is 11.5. The third-order valence-corrected chi connectivity index (χ3v) is 10.5. The fourth-order valence-corrected chi connectivity index (χ4v) is 7.59. The zero-order valence-electron chi connectivity index (χ0n) is 28.6. The normalized spacial score (nSPS) is 19.0. The van der Waals surface area contributed by atoms with Crippen LogP contribution in [0.5, 0.6) is 11.6 Å². The van der Waals surface area contributed by atoms with Crippen LogP contribution >= 0.6 is 23.2 Å². The number of hydrogen-bond donors (Lipinski definition) is 4. The lowest BCUT2D eigenvalue weighted by atomic mass is 9.93. The van der Waals surface area contributed by atoms with Gasteiger partial charge in [0.25, 0.3) is 0 Å². The molecule has 13 heteroatoms. The van der Waals surface area contributed by atoms with E-state index in [1.807, 2.05) is 59.3 Å². The van der Waals surface area contributed by atoms with Crippen molar-refractivity contribution in [1.82, 2.24) is 35.3 Å². The van der Waals surface area contributed by atoms with Gasteiger partial charge in [-0.05, 0) is 50.3 Å². The number of fused-ring (bicyclic) bond motifs is 1. The molecule has 266 valence electrons. The maximum atomic E-state index is 11.5. The predicted molar refractivity (Wildman–Crippen MR) is 198 cm³/mol. The van der Waals surface area contributed by atoms with E-state index in [2.05, 4.69) is 20.9 Å². The standard InChI is InChI=1S/C38H41Cl2N7O4/c1-50-32-16-23(20-47-21-26(45-37(32)47)19-43-24-7-10-27(48)11-8-24)36-35(40)29(14-15-42-36)28-4-3-5-30(34(28)39)31-12-6-22(38(46-31)51-2)17-41-18-25-9-13-33(49)44-25/h3-6,12,14-16,20-21,24-25,27,41,43,48H,7-11,13,17-19H2,1-2H3,(H,44,49)/t24-,25-,27+/m1/s1. The first-order valence-electron chi connectivity index (χ1n) is 17.3. The number of carbonyl (C=O) groups is 1. The van der Waals surface area contributed by atoms with Crippen molar-refractivity contribution in [2.75, 3.05) is 20.8 Å². The first kappa shape index (κ1) is 35.2. The van der Waals surface area contributed by atoms with E-state index in [0.717, 1.165) is 65.6 Å². The van der Waals surface area contributed by atoms with Crippen LogP contribution in [0.1, 0.15) is 49.8 Å². The van der Waals surface area contributed by atoms with Crippen molar-refractivity contribution in [3.05, 3.63) is 82.4 Å². The molecule has 7 rings (SSSR count). The molecule has 0 unspecified atom stereocenters. The highest BCUT2D eigenvalue weighted by Gasteiger charge is 2.22. The number of nitrogens with zero attached hydrogens (tertiary/aromatic N) is 4. The maximum Gasteiger partial charge on any atom is 0.220 e. The average molecular weight is 731 g/mol. The lowest BCUT2D eigenvalue weighted by molar-refractivity contribution is -0.119. The third kappa shape index (κ3) is 7.68. The first-order valence-corrected chi connectivity index (χ1v) is 18.0. The van der Waals surface area contributed by atoms with Gasteiger partial charge in [0.05, 0.1) is 47.5 Å². The minimum absolute atomic E-state index is 0.0979. The summed E-state index contributed by atoms with van der Waals surface area (Å²) in [6.45, 7) is 1.84. The summed E-state index contributed by atoms with van der Waals surface area (Å²) in [6.07, 6.45) is 10.4. The van der Waals surface area contributed by atoms with Gasteiger partial charge in [-0.15, -0.1) is 0 Å². The van der Waals surface area contributed by atoms with Crippen LogP contribution in [-0.2, 0) is 17.9 Å². The van der Waals surface area contributed by atoms with Crippen molar-refractivity contribution >= 4 is 34.8 Å². The molecule has 5 heterocycles. The van der Waals surface area contributed by atoms with Gasteiger partial charge >= 0.3 is 0 Å². The number of rotatable bonds is 12. The van der Waals surface area contributed by atoms with E-state index in [0.29, 0.717) is 70.8 Å². The summed E-state index contributed by atoms with van der Waals surface area (Å²) in [4.78, 5) is 25.8. The number of aromatic nitrogens is 4. The van der Waals surface area contributed by atoms with Gasteiger partial charge < -0.3 is 34.9 Å². The highest BCUT2D eigenvalue weighted by atomic mass is 35.5. The number of aliphatic hydroxyl groups is 1. The molecule has 1 saturated heterocycles. The Bertz CT molecular complexity index is 2050. The highest BCUT2D eigenvalue weighted by Crippen LogP contribution is 2.42. The van der Waals surface area contributed by atoms with E-state index < -0.39 is 0 Å². The molecule has 1 saturated carbocycles. The molecule has 1 aliphatic heterocycles. The molecule has 4 N–H and O–H groups in total. The van der Waals surface area contributed by atoms with Gasteiger partial charge in [0.1, 0.15) is 0 Å². The number of methoxy groups -OCH3 is 2. The van der Waals surface area contributed by atoms with Crippen LogP contribution in [0.3, 0.4) is 0 Å². The molecule has 1 amide bonds. The molecule has 1 aliphatic carbocycles. The second-order valence-corrected chi connectivity index (χ2v) is 13.9. The quantitative estimate of drug-likeness (QED) is 0.118. The number of hydrogen-bond acceptors (Lipinski definition) is 9. The van der Waals surface area contributed by atoms with Crippen LogP contribution in [0.25, 0.3) is 39.3 Å². The number of amides is 1. The van der Waals surface area contributed by atoms with E-state index in [-0.39, 0.29) is 18.1 Å². The summed E-state index contributed by atoms with van der Waals surface area (Å²) < 4.78 is 13.4. The van der Waals surface area contributed by atoms with Gasteiger partial charge in [-0.3, -0.25) is 9.78 Å². The first-order chi connectivity index (χ1) is 24.8. The number of pyridine rings is 3. The zero-order chi connectivity index (χ0) is 35.5. The minimum atomic E-state index is -0.188. The number of carbonyl (C=O) groups excluding carboxylic acids is 1. The van der Waals surface area contributed by atoms with Crippen LogP contribution in [0.15, 0.2) is 61.1 Å². The van der Waals surface area contributed by atoms with Crippen molar-refractivity contribution in [1.29, 1.82) is 0 Å². The molecule has 2 fully saturated rings. The van der Waals surface area contributed by atoms with E-state index in [1.54, 1.807) is 20.4 Å². The Morgan fingerprint density at radius 3 is 2.51 bits per heavy atom. The summed E-state index contributed by atoms with van der Waals surface area (Å²) >= 11 is 14.3. The van der Waals surface area contributed by atoms with Crippen LogP contribution in [0.4, 0.5) is 0 Å². The topological polar surface area (TPSA) is 135 Å². The second kappa shape index (κ2) is 15.5. The summed E-state index contributed by atoms with van der Waals surface area (Å²) in [6, 6.07) is 13.9. The fraction of sp³-hybridized carbons (Fsp3) is 0.368. The van der Waals surface area contributed by atoms with Crippen molar-refractivity contribution in [3.63, 3.8) is 0 Å². The molecule has 51 heavy (non-hydrogen) atoms. The molecular formula is C38H41Cl2N7O4. The van der Waals surface area contributed by atoms with E-state index in [9.17, 15) is 9.90 Å². The number of aliphatic hydroxyl groups excluding tert-OH is 1. The van der Waals surface area contributed by atoms with Crippen LogP contribution < -0.4 is 25.4 Å². The molecule has 2 aliphatic rings. The van der Waals surface area contributed by atoms with Crippen molar-refractivity contribution < 1.29 is 19.4 Å². The Morgan fingerprint density at radius 2 is 1.75 bits per heavy atom. The van der Waals surface area contributed by atoms with Crippen LogP contribution in [0, 0.1) is 0 Å². The van der Waals surface area contributed by atoms with Gasteiger partial charge in [0, 0.05) is 84.5 Å². The summed E-state index contributed by atoms with van der Waals surface area (Å²) in [5.41, 5.74) is 6.72. The molecule has 0 spiro atoms. The Labute approximate surface area is 306 Å². The average Bonchev–Trinajstić information content (AvgIpc) is 3.76. The van der Waals surface area contributed by atoms with Crippen molar-refractivity contribution in [2.45, 2.75) is 69.8 Å². The van der Waals surface area contributed by atoms with Crippen LogP contribution in [-0.4, -0.2) is 69.3 Å². The van der Waals surface area contributed by atoms with Crippen LogP contribution in [0.2, 0.25) is 10.0 Å². The van der Waals surface area contributed by atoms with Gasteiger partial charge in [-0.2, -0.15) is 0 Å². The van der Waals surface area contributed by atoms with E-state index >= 15 is 0 Å². The number of ether oxygens (including phenoxy) is 2. The molecule has 5 aromatic rings. The van der Waals surface area contributed by atoms with Crippen molar-refractivity contribution in [2.24, 2.45) is 0 Å². The monoisotopic (exact) mass is 729 g/mol. The number of imidazole rings is 1. The predicted octanol–water partition coefficient (Wildman–Crippen LogP) is 6.21. The third-order valence-electron chi connectivity index (χ3n) is 9.71. The van der Waals surface area contributed by atoms with Gasteiger partial charge in [-0.25, -0.2) is 9.97 Å². The molecule has 0 bridgehead atoms. The highest BCUT2D eigenvalue weighted by molar-refractivity contribution is 6.39. The fourth-order valence-electron chi connectivity index (χ4n) is 6.94. The number of nitrogens with one attached hydrogen (secondary N) is 3. The minimum Gasteiger partial charge on any atom is -0.493 e. The zero-order valence-corrected chi connectivity index (χ0v) is 30.1. The van der Waals surface area contributed by atoms with Crippen molar-refractivity contribution in [3.8, 4) is 45.3 Å². The molecule has 11 nitrogen and oxygen atoms in total. The van der Waals surface area contributed by atoms with E-state index in [1.165, 1.54) is 0 Å².